The zero-order valence-corrected chi connectivity index (χ0v) is 28.3. The highest BCUT2D eigenvalue weighted by Crippen LogP contribution is 2.51. The van der Waals surface area contributed by atoms with E-state index in [1.54, 1.807) is 24.0 Å². The number of carbonyl (C=O) groups excluding carboxylic acids is 4. The third-order valence-corrected chi connectivity index (χ3v) is 10.8. The van der Waals surface area contributed by atoms with Gasteiger partial charge in [-0.1, -0.05) is 42.7 Å². The van der Waals surface area contributed by atoms with Gasteiger partial charge in [-0.25, -0.2) is 13.8 Å². The monoisotopic (exact) mass is 691 g/mol. The minimum atomic E-state index is -1.38. The van der Waals surface area contributed by atoms with E-state index < -0.39 is 29.2 Å². The van der Waals surface area contributed by atoms with Crippen molar-refractivity contribution in [1.29, 1.82) is 0 Å². The fraction of sp³-hybridized carbons (Fsp3) is 0.486. The van der Waals surface area contributed by atoms with Gasteiger partial charge in [0.05, 0.1) is 16.8 Å². The molecule has 14 heteroatoms. The SMILES string of the molecule is Cc1nonc1C(=O)N[C@H](C(=O)Nc1ccc2c(c1)CC(C(=O)Nc1c(F)cccc1Cl)(N1C[C@@H](C(C)C)NC1=O)C2)C(C1CC1)C1CC1. The number of benzene rings is 2. The maximum absolute atomic E-state index is 14.8. The maximum atomic E-state index is 14.8. The molecule has 3 aromatic rings. The van der Waals surface area contributed by atoms with Crippen molar-refractivity contribution in [2.45, 2.75) is 76.9 Å². The lowest BCUT2D eigenvalue weighted by Crippen LogP contribution is -2.59. The van der Waals surface area contributed by atoms with Crippen molar-refractivity contribution in [1.82, 2.24) is 25.8 Å². The quantitative estimate of drug-likeness (QED) is 0.223. The van der Waals surface area contributed by atoms with Crippen LogP contribution in [0.2, 0.25) is 5.02 Å². The number of urea groups is 1. The van der Waals surface area contributed by atoms with Crippen molar-refractivity contribution in [3.63, 3.8) is 0 Å². The summed E-state index contributed by atoms with van der Waals surface area (Å²) in [4.78, 5) is 56.4. The summed E-state index contributed by atoms with van der Waals surface area (Å²) in [6.45, 7) is 5.90. The number of hydrogen-bond acceptors (Lipinski definition) is 7. The molecule has 1 unspecified atom stereocenters. The topological polar surface area (TPSA) is 159 Å². The molecule has 0 spiro atoms. The number of carbonyl (C=O) groups is 4. The summed E-state index contributed by atoms with van der Waals surface area (Å²) >= 11 is 6.27. The van der Waals surface area contributed by atoms with Crippen molar-refractivity contribution >= 4 is 46.7 Å². The molecule has 1 aromatic heterocycles. The standard InChI is InChI=1S/C35H39ClFN7O5/c1-17(2)26-16-44(34(48)39-26)35(33(47)41-29-24(36)5-4-6-25(29)37)14-21-11-12-23(13-22(21)15-35)38-32(46)30(27(19-7-8-19)20-9-10-20)40-31(45)28-18(3)42-49-43-28/h4-6,11-13,17,19-20,26-27,30H,7-10,14-16H2,1-3H3,(H,38,46)(H,39,48)(H,40,45)(H,41,47)/t26-,30-,35?/m0/s1. The molecular weight excluding hydrogens is 653 g/mol. The van der Waals surface area contributed by atoms with Gasteiger partial charge in [0.1, 0.15) is 23.1 Å². The third-order valence-electron chi connectivity index (χ3n) is 10.5. The largest absolute Gasteiger partial charge is 0.338 e. The zero-order valence-electron chi connectivity index (χ0n) is 27.5. The number of anilines is 2. The van der Waals surface area contributed by atoms with Gasteiger partial charge >= 0.3 is 6.03 Å². The van der Waals surface area contributed by atoms with E-state index in [-0.39, 0.29) is 65.6 Å². The highest BCUT2D eigenvalue weighted by Gasteiger charge is 2.54. The van der Waals surface area contributed by atoms with E-state index in [2.05, 4.69) is 31.6 Å². The Bertz CT molecular complexity index is 1790. The third kappa shape index (κ3) is 6.36. The number of nitrogens with one attached hydrogen (secondary N) is 4. The number of rotatable bonds is 11. The highest BCUT2D eigenvalue weighted by molar-refractivity contribution is 6.33. The summed E-state index contributed by atoms with van der Waals surface area (Å²) in [5, 5.41) is 19.1. The molecule has 7 rings (SSSR count). The Hall–Kier alpha value is -4.52. The zero-order chi connectivity index (χ0) is 34.6. The molecule has 2 heterocycles. The van der Waals surface area contributed by atoms with E-state index >= 15 is 0 Å². The molecule has 49 heavy (non-hydrogen) atoms. The van der Waals surface area contributed by atoms with Gasteiger partial charge in [-0.3, -0.25) is 14.4 Å². The Morgan fingerprint density at radius 1 is 1.04 bits per heavy atom. The summed E-state index contributed by atoms with van der Waals surface area (Å²) in [6, 6.07) is 8.19. The number of hydrogen-bond donors (Lipinski definition) is 4. The van der Waals surface area contributed by atoms with E-state index in [0.717, 1.165) is 36.8 Å². The van der Waals surface area contributed by atoms with Gasteiger partial charge < -0.3 is 26.2 Å². The lowest BCUT2D eigenvalue weighted by atomic mass is 9.88. The molecule has 5 amide bonds. The molecule has 4 N–H and O–H groups in total. The summed E-state index contributed by atoms with van der Waals surface area (Å²) in [7, 11) is 0. The number of halogens is 2. The molecule has 0 bridgehead atoms. The molecular formula is C35H39ClFN7O5. The minimum Gasteiger partial charge on any atom is -0.338 e. The molecule has 2 saturated carbocycles. The van der Waals surface area contributed by atoms with Crippen molar-refractivity contribution in [2.24, 2.45) is 23.7 Å². The fourth-order valence-corrected chi connectivity index (χ4v) is 7.67. The highest BCUT2D eigenvalue weighted by atomic mass is 35.5. The normalized spacial score (nSPS) is 22.2. The Morgan fingerprint density at radius 3 is 2.37 bits per heavy atom. The van der Waals surface area contributed by atoms with Crippen LogP contribution in [-0.4, -0.2) is 63.1 Å². The molecule has 12 nitrogen and oxygen atoms in total. The first-order valence-corrected chi connectivity index (χ1v) is 17.2. The van der Waals surface area contributed by atoms with Crippen LogP contribution in [0, 0.1) is 36.4 Å². The first kappa shape index (κ1) is 33.0. The summed E-state index contributed by atoms with van der Waals surface area (Å²) < 4.78 is 19.5. The first-order valence-electron chi connectivity index (χ1n) is 16.8. The van der Waals surface area contributed by atoms with Gasteiger partial charge in [0.2, 0.25) is 5.91 Å². The summed E-state index contributed by atoms with van der Waals surface area (Å²) in [5.41, 5.74) is 0.918. The average molecular weight is 692 g/mol. The molecule has 3 fully saturated rings. The van der Waals surface area contributed by atoms with Crippen molar-refractivity contribution in [2.75, 3.05) is 17.2 Å². The lowest BCUT2D eigenvalue weighted by molar-refractivity contribution is -0.125. The predicted octanol–water partition coefficient (Wildman–Crippen LogP) is 4.87. The smallest absolute Gasteiger partial charge is 0.318 e. The number of fused-ring (bicyclic) bond motifs is 1. The van der Waals surface area contributed by atoms with Crippen LogP contribution in [0.5, 0.6) is 0 Å². The van der Waals surface area contributed by atoms with Gasteiger partial charge in [-0.05, 0) is 96.8 Å². The Balaban J connectivity index is 1.16. The van der Waals surface area contributed by atoms with Gasteiger partial charge in [-0.2, -0.15) is 0 Å². The molecule has 2 aromatic carbocycles. The average Bonchev–Trinajstić information content (AvgIpc) is 3.96. The molecule has 4 aliphatic rings. The van der Waals surface area contributed by atoms with Crippen LogP contribution in [0.15, 0.2) is 41.0 Å². The van der Waals surface area contributed by atoms with Gasteiger partial charge in [0, 0.05) is 25.1 Å². The molecule has 1 aliphatic heterocycles. The molecule has 258 valence electrons. The van der Waals surface area contributed by atoms with E-state index in [4.69, 9.17) is 16.2 Å². The van der Waals surface area contributed by atoms with Crippen LogP contribution in [0.3, 0.4) is 0 Å². The van der Waals surface area contributed by atoms with Crippen molar-refractivity contribution in [3.8, 4) is 0 Å². The molecule has 3 atom stereocenters. The van der Waals surface area contributed by atoms with Crippen LogP contribution in [0.25, 0.3) is 0 Å². The summed E-state index contributed by atoms with van der Waals surface area (Å²) in [6.07, 6.45) is 4.35. The number of para-hydroxylation sites is 1. The Kier molecular flexibility index (Phi) is 8.58. The summed E-state index contributed by atoms with van der Waals surface area (Å²) in [5.74, 6) is -1.30. The van der Waals surface area contributed by atoms with E-state index in [1.807, 2.05) is 19.9 Å². The van der Waals surface area contributed by atoms with Crippen LogP contribution in [-0.2, 0) is 22.4 Å². The second-order valence-electron chi connectivity index (χ2n) is 14.2. The van der Waals surface area contributed by atoms with Crippen LogP contribution in [0.1, 0.15) is 66.8 Å². The number of aryl methyl sites for hydroxylation is 1. The fourth-order valence-electron chi connectivity index (χ4n) is 7.46. The first-order chi connectivity index (χ1) is 23.4. The van der Waals surface area contributed by atoms with Crippen LogP contribution < -0.4 is 21.3 Å². The second kappa shape index (κ2) is 12.7. The van der Waals surface area contributed by atoms with Crippen molar-refractivity contribution < 1.29 is 28.2 Å². The number of nitrogens with zero attached hydrogens (tertiary/aromatic N) is 3. The van der Waals surface area contributed by atoms with Gasteiger partial charge in [0.25, 0.3) is 11.8 Å². The molecule has 0 radical (unpaired) electrons. The lowest BCUT2D eigenvalue weighted by Gasteiger charge is -2.37. The van der Waals surface area contributed by atoms with E-state index in [0.29, 0.717) is 23.2 Å². The second-order valence-corrected chi connectivity index (χ2v) is 14.6. The van der Waals surface area contributed by atoms with Crippen LogP contribution >= 0.6 is 11.6 Å². The maximum Gasteiger partial charge on any atom is 0.318 e. The molecule has 1 saturated heterocycles. The van der Waals surface area contributed by atoms with Crippen molar-refractivity contribution in [3.05, 3.63) is 69.8 Å². The van der Waals surface area contributed by atoms with Crippen LogP contribution in [0.4, 0.5) is 20.6 Å². The van der Waals surface area contributed by atoms with E-state index in [9.17, 15) is 23.6 Å². The Labute approximate surface area is 287 Å². The minimum absolute atomic E-state index is 0.0114. The molecule has 3 aliphatic carbocycles. The predicted molar refractivity (Wildman–Crippen MR) is 178 cm³/mol. The number of aromatic nitrogens is 2. The Morgan fingerprint density at radius 2 is 1.76 bits per heavy atom. The van der Waals surface area contributed by atoms with E-state index in [1.165, 1.54) is 18.2 Å². The van der Waals surface area contributed by atoms with Gasteiger partial charge in [0.15, 0.2) is 5.69 Å². The van der Waals surface area contributed by atoms with Gasteiger partial charge in [-0.15, -0.1) is 0 Å². The number of amides is 5.